The average Bonchev–Trinajstić information content (AvgIpc) is 3.55. The molecule has 3 aromatic heterocycles. The number of nitrogens with zero attached hydrogens (tertiary/aromatic N) is 4. The Kier molecular flexibility index (Phi) is 6.35. The van der Waals surface area contributed by atoms with Gasteiger partial charge in [0.15, 0.2) is 10.8 Å². The molecule has 0 aliphatic heterocycles. The molecule has 192 valence electrons. The van der Waals surface area contributed by atoms with Gasteiger partial charge in [0.1, 0.15) is 10.7 Å². The van der Waals surface area contributed by atoms with Gasteiger partial charge in [-0.15, -0.1) is 11.3 Å². The lowest BCUT2D eigenvalue weighted by Crippen LogP contribution is -2.26. The first-order chi connectivity index (χ1) is 17.7. The van der Waals surface area contributed by atoms with Crippen molar-refractivity contribution >= 4 is 49.1 Å². The van der Waals surface area contributed by atoms with Crippen LogP contribution < -0.4 is 19.5 Å². The Morgan fingerprint density at radius 3 is 2.59 bits per heavy atom. The predicted molar refractivity (Wildman–Crippen MR) is 132 cm³/mol. The first-order valence-electron chi connectivity index (χ1n) is 10.8. The number of hydrogen-bond acceptors (Lipinski definition) is 11. The smallest absolute Gasteiger partial charge is 0.355 e. The maximum atomic E-state index is 15.7. The lowest BCUT2D eigenvalue weighted by atomic mass is 10.0. The van der Waals surface area contributed by atoms with Crippen LogP contribution in [0.15, 0.2) is 34.8 Å². The van der Waals surface area contributed by atoms with Crippen LogP contribution in [0.1, 0.15) is 23.3 Å². The number of fused-ring (bicyclic) bond motifs is 1. The molecule has 3 heterocycles. The zero-order chi connectivity index (χ0) is 26.3. The first kappa shape index (κ1) is 24.7. The van der Waals surface area contributed by atoms with E-state index in [0.29, 0.717) is 24.0 Å². The minimum atomic E-state index is -4.08. The van der Waals surface area contributed by atoms with Crippen LogP contribution in [0.2, 0.25) is 0 Å². The molecule has 1 aliphatic rings. The van der Waals surface area contributed by atoms with Crippen LogP contribution in [0.4, 0.5) is 15.2 Å². The van der Waals surface area contributed by atoms with Gasteiger partial charge in [-0.2, -0.15) is 4.98 Å². The van der Waals surface area contributed by atoms with Gasteiger partial charge < -0.3 is 19.9 Å². The van der Waals surface area contributed by atoms with E-state index >= 15 is 4.39 Å². The molecule has 0 atom stereocenters. The van der Waals surface area contributed by atoms with Crippen molar-refractivity contribution in [1.29, 1.82) is 0 Å². The Bertz CT molecular complexity index is 1640. The third-order valence-electron chi connectivity index (χ3n) is 5.45. The van der Waals surface area contributed by atoms with Crippen molar-refractivity contribution in [1.82, 2.24) is 24.7 Å². The summed E-state index contributed by atoms with van der Waals surface area (Å²) in [5.74, 6) is -1.90. The molecule has 0 radical (unpaired) electrons. The average molecular weight is 547 g/mol. The number of nitrogens with one attached hydrogen (secondary N) is 2. The highest BCUT2D eigenvalue weighted by Gasteiger charge is 2.31. The van der Waals surface area contributed by atoms with Crippen LogP contribution in [0, 0.1) is 5.82 Å². The summed E-state index contributed by atoms with van der Waals surface area (Å²) in [4.78, 5) is 27.3. The van der Waals surface area contributed by atoms with Gasteiger partial charge >= 0.3 is 12.0 Å². The summed E-state index contributed by atoms with van der Waals surface area (Å²) in [6.07, 6.45) is 3.92. The van der Waals surface area contributed by atoms with Crippen molar-refractivity contribution in [3.8, 4) is 23.0 Å². The number of rotatable bonds is 9. The number of anilines is 2. The predicted octanol–water partition coefficient (Wildman–Crippen LogP) is 3.19. The number of aromatic nitrogens is 4. The molecule has 1 aromatic carbocycles. The second kappa shape index (κ2) is 9.49. The van der Waals surface area contributed by atoms with E-state index in [9.17, 15) is 18.3 Å². The minimum absolute atomic E-state index is 0.0636. The lowest BCUT2D eigenvalue weighted by molar-refractivity contribution is 0.0691. The number of pyridine rings is 1. The van der Waals surface area contributed by atoms with Crippen LogP contribution in [0.25, 0.3) is 22.0 Å². The standard InChI is InChI=1S/C22H19FN6O6S2/c1-34-19-12(7-25-21(28-19)35-2)10-5-13(23)17-14(6-10)24-8-16(37(32,33)29-11-3-4-11)18(17)27-22-26-15(9-36-22)20(30)31/h5-9,11,29H,3-4H2,1-2H3,(H,30,31)(H,24,26,27). The summed E-state index contributed by atoms with van der Waals surface area (Å²) in [6, 6.07) is 2.57. The first-order valence-corrected chi connectivity index (χ1v) is 13.1. The summed E-state index contributed by atoms with van der Waals surface area (Å²) in [6.45, 7) is 0. The van der Waals surface area contributed by atoms with Gasteiger partial charge in [-0.25, -0.2) is 32.3 Å². The summed E-state index contributed by atoms with van der Waals surface area (Å²) in [7, 11) is -1.29. The summed E-state index contributed by atoms with van der Waals surface area (Å²) < 4.78 is 54.8. The Labute approximate surface area is 213 Å². The fourth-order valence-corrected chi connectivity index (χ4v) is 5.67. The molecular weight excluding hydrogens is 527 g/mol. The second-order valence-corrected chi connectivity index (χ2v) is 10.5. The van der Waals surface area contributed by atoms with Gasteiger partial charge in [-0.1, -0.05) is 0 Å². The van der Waals surface area contributed by atoms with E-state index in [-0.39, 0.29) is 50.2 Å². The number of aromatic carboxylic acids is 1. The molecule has 0 spiro atoms. The van der Waals surface area contributed by atoms with Gasteiger partial charge in [-0.3, -0.25) is 4.98 Å². The van der Waals surface area contributed by atoms with Crippen molar-refractivity contribution in [3.05, 3.63) is 41.4 Å². The highest BCUT2D eigenvalue weighted by atomic mass is 32.2. The minimum Gasteiger partial charge on any atom is -0.480 e. The van der Waals surface area contributed by atoms with Gasteiger partial charge in [0, 0.05) is 23.8 Å². The number of hydrogen-bond donors (Lipinski definition) is 3. The van der Waals surface area contributed by atoms with Crippen molar-refractivity contribution in [3.63, 3.8) is 0 Å². The van der Waals surface area contributed by atoms with Crippen molar-refractivity contribution in [2.24, 2.45) is 0 Å². The molecule has 3 N–H and O–H groups in total. The molecule has 4 aromatic rings. The normalized spacial score (nSPS) is 13.5. The number of benzene rings is 1. The van der Waals surface area contributed by atoms with E-state index in [4.69, 9.17) is 9.47 Å². The largest absolute Gasteiger partial charge is 0.480 e. The quantitative estimate of drug-likeness (QED) is 0.282. The molecule has 37 heavy (non-hydrogen) atoms. The van der Waals surface area contributed by atoms with E-state index in [0.717, 1.165) is 17.5 Å². The SMILES string of the molecule is COc1ncc(-c2cc(F)c3c(Nc4nc(C(=O)O)cs4)c(S(=O)(=O)NC4CC4)cnc3c2)c(OC)n1. The van der Waals surface area contributed by atoms with E-state index in [1.165, 1.54) is 37.9 Å². The molecule has 1 saturated carbocycles. The van der Waals surface area contributed by atoms with E-state index in [1.807, 2.05) is 0 Å². The van der Waals surface area contributed by atoms with Crippen LogP contribution in [0.5, 0.6) is 11.9 Å². The molecule has 1 aliphatic carbocycles. The maximum absolute atomic E-state index is 15.7. The molecule has 0 saturated heterocycles. The van der Waals surface area contributed by atoms with Crippen molar-refractivity contribution in [2.45, 2.75) is 23.8 Å². The highest BCUT2D eigenvalue weighted by Crippen LogP contribution is 2.38. The van der Waals surface area contributed by atoms with Gasteiger partial charge in [-0.05, 0) is 30.5 Å². The fourth-order valence-electron chi connectivity index (χ4n) is 3.56. The number of ether oxygens (including phenoxy) is 2. The summed E-state index contributed by atoms with van der Waals surface area (Å²) in [5, 5.41) is 13.2. The molecule has 0 bridgehead atoms. The number of carboxylic acids is 1. The number of carboxylic acid groups (broad SMARTS) is 1. The zero-order valence-corrected chi connectivity index (χ0v) is 21.0. The van der Waals surface area contributed by atoms with Crippen molar-refractivity contribution in [2.75, 3.05) is 19.5 Å². The van der Waals surface area contributed by atoms with Gasteiger partial charge in [0.25, 0.3) is 0 Å². The molecular formula is C22H19FN6O6S2. The monoisotopic (exact) mass is 546 g/mol. The Hall–Kier alpha value is -3.95. The van der Waals surface area contributed by atoms with Gasteiger partial charge in [0.2, 0.25) is 15.9 Å². The number of thiazole rings is 1. The Balaban J connectivity index is 1.68. The lowest BCUT2D eigenvalue weighted by Gasteiger charge is -2.16. The number of sulfonamides is 1. The van der Waals surface area contributed by atoms with Crippen LogP contribution in [-0.2, 0) is 10.0 Å². The topological polar surface area (TPSA) is 166 Å². The Morgan fingerprint density at radius 1 is 1.16 bits per heavy atom. The maximum Gasteiger partial charge on any atom is 0.355 e. The summed E-state index contributed by atoms with van der Waals surface area (Å²) in [5.41, 5.74) is 0.457. The molecule has 0 unspecified atom stereocenters. The van der Waals surface area contributed by atoms with Crippen LogP contribution in [-0.4, -0.2) is 59.7 Å². The van der Waals surface area contributed by atoms with E-state index < -0.39 is 21.8 Å². The number of halogens is 1. The third-order valence-corrected chi connectivity index (χ3v) is 7.74. The Morgan fingerprint density at radius 2 is 1.95 bits per heavy atom. The summed E-state index contributed by atoms with van der Waals surface area (Å²) >= 11 is 0.935. The number of methoxy groups -OCH3 is 2. The highest BCUT2D eigenvalue weighted by molar-refractivity contribution is 7.89. The molecule has 5 rings (SSSR count). The van der Waals surface area contributed by atoms with Crippen LogP contribution >= 0.6 is 11.3 Å². The van der Waals surface area contributed by atoms with Crippen molar-refractivity contribution < 1.29 is 32.2 Å². The molecule has 1 fully saturated rings. The van der Waals surface area contributed by atoms with E-state index in [1.54, 1.807) is 0 Å². The fraction of sp³-hybridized carbons (Fsp3) is 0.227. The van der Waals surface area contributed by atoms with E-state index in [2.05, 4.69) is 30.0 Å². The third kappa shape index (κ3) is 4.87. The molecule has 12 nitrogen and oxygen atoms in total. The number of carbonyl (C=O) groups is 1. The molecule has 0 amide bonds. The van der Waals surface area contributed by atoms with Gasteiger partial charge in [0.05, 0.1) is 36.4 Å². The zero-order valence-electron chi connectivity index (χ0n) is 19.4. The van der Waals surface area contributed by atoms with Crippen LogP contribution in [0.3, 0.4) is 0 Å². The second-order valence-electron chi connectivity index (χ2n) is 7.99. The molecule has 15 heteroatoms.